The van der Waals surface area contributed by atoms with Gasteiger partial charge in [0.1, 0.15) is 0 Å². The molecule has 11 nitrogen and oxygen atoms in total. The number of carbonyl (C=O) groups is 3. The highest BCUT2D eigenvalue weighted by Crippen LogP contribution is 2.37. The van der Waals surface area contributed by atoms with Crippen molar-refractivity contribution in [3.63, 3.8) is 0 Å². The van der Waals surface area contributed by atoms with Gasteiger partial charge in [-0.2, -0.15) is 4.31 Å². The van der Waals surface area contributed by atoms with Gasteiger partial charge >= 0.3 is 5.97 Å². The third kappa shape index (κ3) is 6.26. The molecule has 210 valence electrons. The average molecular weight is 550 g/mol. The van der Waals surface area contributed by atoms with Crippen LogP contribution in [0.25, 0.3) is 0 Å². The Morgan fingerprint density at radius 2 is 1.71 bits per heavy atom. The van der Waals surface area contributed by atoms with Crippen molar-refractivity contribution in [2.24, 2.45) is 17.6 Å². The van der Waals surface area contributed by atoms with Crippen molar-refractivity contribution in [3.8, 4) is 0 Å². The van der Waals surface area contributed by atoms with Gasteiger partial charge in [-0.25, -0.2) is 13.2 Å². The number of carboxylic acid groups (broad SMARTS) is 1. The molecule has 5 N–H and O–H groups in total. The molecule has 4 rings (SSSR count). The van der Waals surface area contributed by atoms with E-state index in [1.165, 1.54) is 34.8 Å². The molecule has 1 aromatic carbocycles. The summed E-state index contributed by atoms with van der Waals surface area (Å²) in [5.74, 6) is -1.31. The molecule has 12 heteroatoms. The number of rotatable bonds is 9. The van der Waals surface area contributed by atoms with Crippen LogP contribution < -0.4 is 16.4 Å². The van der Waals surface area contributed by atoms with Gasteiger partial charge in [0.2, 0.25) is 10.0 Å². The van der Waals surface area contributed by atoms with E-state index in [-0.39, 0.29) is 23.3 Å². The van der Waals surface area contributed by atoms with Crippen LogP contribution in [0.2, 0.25) is 0 Å². The number of ketones is 1. The van der Waals surface area contributed by atoms with E-state index in [2.05, 4.69) is 15.5 Å². The highest BCUT2D eigenvalue weighted by molar-refractivity contribution is 7.88. The van der Waals surface area contributed by atoms with Crippen LogP contribution in [0, 0.1) is 11.8 Å². The maximum atomic E-state index is 14.0. The zero-order valence-corrected chi connectivity index (χ0v) is 22.7. The summed E-state index contributed by atoms with van der Waals surface area (Å²) >= 11 is 0. The maximum Gasteiger partial charge on any atom is 0.335 e. The molecule has 0 unspecified atom stereocenters. The fraction of sp³-hybridized carbons (Fsp3) is 0.654. The first kappa shape index (κ1) is 28.6. The van der Waals surface area contributed by atoms with Crippen LogP contribution >= 0.6 is 0 Å². The Labute approximate surface area is 224 Å². The van der Waals surface area contributed by atoms with Crippen molar-refractivity contribution < 1.29 is 27.9 Å². The second kappa shape index (κ2) is 11.8. The summed E-state index contributed by atoms with van der Waals surface area (Å²) in [5.41, 5.74) is 4.85. The minimum absolute atomic E-state index is 0.0885. The van der Waals surface area contributed by atoms with Crippen LogP contribution in [0.1, 0.15) is 48.9 Å². The molecule has 1 aliphatic carbocycles. The molecule has 1 saturated carbocycles. The number of amides is 1. The van der Waals surface area contributed by atoms with Gasteiger partial charge in [-0.1, -0.05) is 0 Å². The minimum Gasteiger partial charge on any atom is -0.478 e. The Bertz CT molecular complexity index is 1130. The van der Waals surface area contributed by atoms with E-state index in [0.717, 1.165) is 32.1 Å². The predicted octanol–water partition coefficient (Wildman–Crippen LogP) is 0.726. The van der Waals surface area contributed by atoms with E-state index >= 15 is 0 Å². The number of aromatic carboxylic acids is 1. The topological polar surface area (TPSA) is 162 Å². The van der Waals surface area contributed by atoms with Crippen molar-refractivity contribution in [3.05, 3.63) is 29.8 Å². The number of hydrogen-bond acceptors (Lipinski definition) is 8. The number of Topliss-reactive ketones (excluding diaryl/α,β-unsaturated/α-hetero) is 1. The van der Waals surface area contributed by atoms with Gasteiger partial charge in [0.25, 0.3) is 5.91 Å². The van der Waals surface area contributed by atoms with Crippen molar-refractivity contribution in [2.45, 2.75) is 50.1 Å². The Morgan fingerprint density at radius 1 is 1.08 bits per heavy atom. The lowest BCUT2D eigenvalue weighted by Crippen LogP contribution is -2.59. The molecule has 3 fully saturated rings. The quantitative estimate of drug-likeness (QED) is 0.325. The number of nitrogens with zero attached hydrogens (tertiary/aromatic N) is 2. The molecule has 1 aromatic rings. The van der Waals surface area contributed by atoms with Crippen molar-refractivity contribution >= 4 is 33.4 Å². The summed E-state index contributed by atoms with van der Waals surface area (Å²) in [4.78, 5) is 41.2. The number of carboxylic acids is 1. The first-order chi connectivity index (χ1) is 18.0. The smallest absolute Gasteiger partial charge is 0.335 e. The van der Waals surface area contributed by atoms with Gasteiger partial charge in [-0.15, -0.1) is 0 Å². The molecule has 2 heterocycles. The van der Waals surface area contributed by atoms with E-state index in [1.807, 2.05) is 0 Å². The van der Waals surface area contributed by atoms with Crippen LogP contribution in [0.5, 0.6) is 0 Å². The molecule has 2 aliphatic heterocycles. The molecule has 0 aromatic heterocycles. The first-order valence-electron chi connectivity index (χ1n) is 13.4. The fourth-order valence-electron chi connectivity index (χ4n) is 6.15. The number of benzene rings is 1. The van der Waals surface area contributed by atoms with Crippen molar-refractivity contribution in [2.75, 3.05) is 50.8 Å². The number of hydrogen-bond donors (Lipinski definition) is 4. The largest absolute Gasteiger partial charge is 0.478 e. The summed E-state index contributed by atoms with van der Waals surface area (Å²) in [6, 6.07) is 5.78. The van der Waals surface area contributed by atoms with Gasteiger partial charge in [-0.05, 0) is 75.3 Å². The minimum atomic E-state index is -3.26. The molecule has 2 atom stereocenters. The van der Waals surface area contributed by atoms with E-state index < -0.39 is 27.4 Å². The van der Waals surface area contributed by atoms with Crippen molar-refractivity contribution in [1.82, 2.24) is 14.5 Å². The third-order valence-corrected chi connectivity index (χ3v) is 9.73. The summed E-state index contributed by atoms with van der Waals surface area (Å²) < 4.78 is 25.3. The Hall–Kier alpha value is -2.38. The highest BCUT2D eigenvalue weighted by Gasteiger charge is 2.54. The first-order valence-corrected chi connectivity index (χ1v) is 15.2. The van der Waals surface area contributed by atoms with Gasteiger partial charge in [0.15, 0.2) is 11.3 Å². The van der Waals surface area contributed by atoms with E-state index in [1.54, 1.807) is 0 Å². The second-order valence-electron chi connectivity index (χ2n) is 10.8. The lowest BCUT2D eigenvalue weighted by molar-refractivity contribution is -0.137. The Balaban J connectivity index is 1.51. The normalized spacial score (nSPS) is 29.2. The fourth-order valence-corrected chi connectivity index (χ4v) is 6.98. The summed E-state index contributed by atoms with van der Waals surface area (Å²) in [6.07, 6.45) is 5.73. The van der Waals surface area contributed by atoms with E-state index in [9.17, 15) is 22.8 Å². The van der Waals surface area contributed by atoms with Crippen LogP contribution in [-0.4, -0.2) is 97.5 Å². The van der Waals surface area contributed by atoms with Gasteiger partial charge in [0, 0.05) is 50.4 Å². The molecule has 0 bridgehead atoms. The SMILES string of the molecule is CS(=O)(=O)N1CCN([C@@H]2CN[C@](C(=O)Nc3ccc(C(=O)O)cc3)(C(=O)C3CCC(CCN)CC3)C2)CC1. The number of nitrogens with one attached hydrogen (secondary N) is 2. The molecule has 3 aliphatic rings. The number of sulfonamides is 1. The zero-order valence-electron chi connectivity index (χ0n) is 21.9. The Morgan fingerprint density at radius 3 is 2.26 bits per heavy atom. The molecule has 1 amide bonds. The standard InChI is InChI=1S/C26H39N5O6S/c1-38(36,37)31-14-12-30(13-15-31)22-16-26(28-17-22,23(32)19-4-2-18(3-5-19)10-11-27)25(35)29-21-8-6-20(7-9-21)24(33)34/h6-9,18-19,22,28H,2-5,10-17,27H2,1H3,(H,29,35)(H,33,34)/t18?,19?,22-,26-/m0/s1. The number of carbonyl (C=O) groups excluding carboxylic acids is 2. The van der Waals surface area contributed by atoms with Crippen LogP contribution in [0.4, 0.5) is 5.69 Å². The molecule has 0 radical (unpaired) electrons. The van der Waals surface area contributed by atoms with E-state index in [4.69, 9.17) is 10.8 Å². The predicted molar refractivity (Wildman–Crippen MR) is 143 cm³/mol. The van der Waals surface area contributed by atoms with E-state index in [0.29, 0.717) is 57.3 Å². The Kier molecular flexibility index (Phi) is 8.88. The summed E-state index contributed by atoms with van der Waals surface area (Å²) in [6.45, 7) is 2.90. The van der Waals surface area contributed by atoms with Crippen molar-refractivity contribution in [1.29, 1.82) is 0 Å². The number of piperazine rings is 1. The third-order valence-electron chi connectivity index (χ3n) is 8.43. The van der Waals surface area contributed by atoms with Crippen LogP contribution in [-0.2, 0) is 19.6 Å². The number of nitrogens with two attached hydrogens (primary N) is 1. The monoisotopic (exact) mass is 549 g/mol. The molecular weight excluding hydrogens is 510 g/mol. The zero-order chi connectivity index (χ0) is 27.5. The lowest BCUT2D eigenvalue weighted by atomic mass is 9.73. The number of anilines is 1. The molecule has 2 saturated heterocycles. The molecule has 0 spiro atoms. The van der Waals surface area contributed by atoms with Gasteiger partial charge < -0.3 is 16.2 Å². The molecule has 38 heavy (non-hydrogen) atoms. The second-order valence-corrected chi connectivity index (χ2v) is 12.8. The molecular formula is C26H39N5O6S. The average Bonchev–Trinajstić information content (AvgIpc) is 3.36. The summed E-state index contributed by atoms with van der Waals surface area (Å²) in [7, 11) is -3.26. The maximum absolute atomic E-state index is 14.0. The lowest BCUT2D eigenvalue weighted by Gasteiger charge is -2.38. The van der Waals surface area contributed by atoms with Crippen LogP contribution in [0.3, 0.4) is 0 Å². The van der Waals surface area contributed by atoms with Gasteiger partial charge in [0.05, 0.1) is 11.8 Å². The highest BCUT2D eigenvalue weighted by atomic mass is 32.2. The van der Waals surface area contributed by atoms with Gasteiger partial charge in [-0.3, -0.25) is 19.8 Å². The summed E-state index contributed by atoms with van der Waals surface area (Å²) in [5, 5.41) is 15.3. The van der Waals surface area contributed by atoms with Crippen LogP contribution in [0.15, 0.2) is 24.3 Å².